The van der Waals surface area contributed by atoms with E-state index in [1.54, 1.807) is 11.3 Å². The van der Waals surface area contributed by atoms with E-state index < -0.39 is 0 Å². The fraction of sp³-hybridized carbons (Fsp3) is 0.538. The van der Waals surface area contributed by atoms with E-state index >= 15 is 0 Å². The van der Waals surface area contributed by atoms with Crippen molar-refractivity contribution in [3.8, 4) is 10.4 Å². The summed E-state index contributed by atoms with van der Waals surface area (Å²) in [7, 11) is 0. The van der Waals surface area contributed by atoms with Gasteiger partial charge in [0.1, 0.15) is 0 Å². The fourth-order valence-electron chi connectivity index (χ4n) is 1.62. The highest BCUT2D eigenvalue weighted by molar-refractivity contribution is 7.18. The normalized spacial score (nSPS) is 11.1. The molecule has 2 rings (SSSR count). The minimum Gasteiger partial charge on any atom is -0.361 e. The van der Waals surface area contributed by atoms with Gasteiger partial charge in [0.05, 0.1) is 11.1 Å². The van der Waals surface area contributed by atoms with Crippen LogP contribution in [-0.4, -0.2) is 21.3 Å². The van der Waals surface area contributed by atoms with Crippen molar-refractivity contribution in [3.05, 3.63) is 18.6 Å². The van der Waals surface area contributed by atoms with Crippen LogP contribution in [-0.2, 0) is 6.54 Å². The quantitative estimate of drug-likeness (QED) is 0.868. The Hall–Kier alpha value is -1.36. The van der Waals surface area contributed by atoms with Gasteiger partial charge in [-0.2, -0.15) is 5.10 Å². The van der Waals surface area contributed by atoms with E-state index in [0.29, 0.717) is 5.92 Å². The number of anilines is 1. The number of hydrogen-bond acceptors (Lipinski definition) is 4. The predicted molar refractivity (Wildman–Crippen MR) is 77.0 cm³/mol. The lowest BCUT2D eigenvalue weighted by Crippen LogP contribution is -2.07. The minimum atomic E-state index is 0.629. The van der Waals surface area contributed by atoms with Crippen LogP contribution in [0.5, 0.6) is 0 Å². The summed E-state index contributed by atoms with van der Waals surface area (Å²) in [5.74, 6) is 0.629. The summed E-state index contributed by atoms with van der Waals surface area (Å²) < 4.78 is 1.98. The fourth-order valence-corrected chi connectivity index (χ4v) is 2.42. The summed E-state index contributed by atoms with van der Waals surface area (Å²) in [6, 6.07) is 0. The Morgan fingerprint density at radius 3 is 2.94 bits per heavy atom. The highest BCUT2D eigenvalue weighted by Crippen LogP contribution is 2.28. The van der Waals surface area contributed by atoms with Gasteiger partial charge in [0, 0.05) is 31.0 Å². The van der Waals surface area contributed by atoms with E-state index in [9.17, 15) is 0 Å². The van der Waals surface area contributed by atoms with Crippen molar-refractivity contribution in [3.63, 3.8) is 0 Å². The molecular formula is C13H20N4S. The SMILES string of the molecule is CCCn1cc(-c2cnc(NCC(C)C)s2)cn1. The number of hydrogen-bond donors (Lipinski definition) is 1. The van der Waals surface area contributed by atoms with Crippen molar-refractivity contribution >= 4 is 16.5 Å². The molecule has 18 heavy (non-hydrogen) atoms. The summed E-state index contributed by atoms with van der Waals surface area (Å²) in [5, 5.41) is 8.68. The van der Waals surface area contributed by atoms with Crippen LogP contribution in [0.15, 0.2) is 18.6 Å². The third kappa shape index (κ3) is 3.32. The Morgan fingerprint density at radius 2 is 2.22 bits per heavy atom. The topological polar surface area (TPSA) is 42.7 Å². The number of thiazole rings is 1. The van der Waals surface area contributed by atoms with E-state index in [1.807, 2.05) is 17.1 Å². The van der Waals surface area contributed by atoms with Crippen LogP contribution in [0.3, 0.4) is 0 Å². The van der Waals surface area contributed by atoms with Crippen LogP contribution in [0.2, 0.25) is 0 Å². The van der Waals surface area contributed by atoms with Crippen LogP contribution < -0.4 is 5.32 Å². The molecule has 0 aliphatic carbocycles. The van der Waals surface area contributed by atoms with Crippen LogP contribution >= 0.6 is 11.3 Å². The van der Waals surface area contributed by atoms with Gasteiger partial charge in [-0.1, -0.05) is 32.1 Å². The monoisotopic (exact) mass is 264 g/mol. The lowest BCUT2D eigenvalue weighted by Gasteiger charge is -2.04. The Bertz CT molecular complexity index is 487. The van der Waals surface area contributed by atoms with Crippen molar-refractivity contribution < 1.29 is 0 Å². The molecule has 0 bridgehead atoms. The first kappa shape index (κ1) is 13.1. The van der Waals surface area contributed by atoms with Gasteiger partial charge in [-0.25, -0.2) is 4.98 Å². The summed E-state index contributed by atoms with van der Waals surface area (Å²) in [5.41, 5.74) is 1.15. The van der Waals surface area contributed by atoms with Gasteiger partial charge >= 0.3 is 0 Å². The molecule has 0 atom stereocenters. The Morgan fingerprint density at radius 1 is 1.39 bits per heavy atom. The van der Waals surface area contributed by atoms with Crippen LogP contribution in [0.25, 0.3) is 10.4 Å². The van der Waals surface area contributed by atoms with Gasteiger partial charge in [0.25, 0.3) is 0 Å². The maximum Gasteiger partial charge on any atom is 0.183 e. The standard InChI is InChI=1S/C13H20N4S/c1-4-5-17-9-11(7-16-17)12-8-15-13(18-12)14-6-10(2)3/h7-10H,4-6H2,1-3H3,(H,14,15). The summed E-state index contributed by atoms with van der Waals surface area (Å²) >= 11 is 1.68. The van der Waals surface area contributed by atoms with E-state index in [4.69, 9.17) is 0 Å². The molecule has 98 valence electrons. The maximum absolute atomic E-state index is 4.39. The molecule has 0 amide bonds. The highest BCUT2D eigenvalue weighted by atomic mass is 32.1. The highest BCUT2D eigenvalue weighted by Gasteiger charge is 2.07. The van der Waals surface area contributed by atoms with Gasteiger partial charge in [-0.3, -0.25) is 4.68 Å². The Balaban J connectivity index is 2.04. The molecular weight excluding hydrogens is 244 g/mol. The molecule has 0 unspecified atom stereocenters. The van der Waals surface area contributed by atoms with E-state index in [0.717, 1.165) is 30.2 Å². The molecule has 0 fully saturated rings. The molecule has 2 aromatic heterocycles. The van der Waals surface area contributed by atoms with Crippen molar-refractivity contribution in [1.29, 1.82) is 0 Å². The van der Waals surface area contributed by atoms with Crippen molar-refractivity contribution in [1.82, 2.24) is 14.8 Å². The number of nitrogens with zero attached hydrogens (tertiary/aromatic N) is 3. The van der Waals surface area contributed by atoms with Crippen molar-refractivity contribution in [2.24, 2.45) is 5.92 Å². The van der Waals surface area contributed by atoms with Gasteiger partial charge in [-0.15, -0.1) is 0 Å². The predicted octanol–water partition coefficient (Wildman–Crippen LogP) is 3.48. The van der Waals surface area contributed by atoms with Crippen molar-refractivity contribution in [2.75, 3.05) is 11.9 Å². The lowest BCUT2D eigenvalue weighted by atomic mass is 10.2. The second-order valence-electron chi connectivity index (χ2n) is 4.80. The average Bonchev–Trinajstić information content (AvgIpc) is 2.94. The average molecular weight is 264 g/mol. The van der Waals surface area contributed by atoms with E-state index in [-0.39, 0.29) is 0 Å². The molecule has 1 N–H and O–H groups in total. The minimum absolute atomic E-state index is 0.629. The Kier molecular flexibility index (Phi) is 4.36. The summed E-state index contributed by atoms with van der Waals surface area (Å²) in [6.45, 7) is 8.47. The number of aryl methyl sites for hydroxylation is 1. The van der Waals surface area contributed by atoms with Crippen LogP contribution in [0, 0.1) is 5.92 Å². The first-order chi connectivity index (χ1) is 8.69. The van der Waals surface area contributed by atoms with Crippen molar-refractivity contribution in [2.45, 2.75) is 33.7 Å². The largest absolute Gasteiger partial charge is 0.361 e. The van der Waals surface area contributed by atoms with E-state index in [1.165, 1.54) is 4.88 Å². The first-order valence-electron chi connectivity index (χ1n) is 6.41. The molecule has 0 saturated heterocycles. The molecule has 2 heterocycles. The van der Waals surface area contributed by atoms with Gasteiger partial charge in [-0.05, 0) is 12.3 Å². The third-order valence-corrected chi connectivity index (χ3v) is 3.54. The molecule has 0 aliphatic heterocycles. The second-order valence-corrected chi connectivity index (χ2v) is 5.83. The summed E-state index contributed by atoms with van der Waals surface area (Å²) in [4.78, 5) is 5.56. The molecule has 0 aliphatic rings. The maximum atomic E-state index is 4.39. The van der Waals surface area contributed by atoms with Gasteiger partial charge < -0.3 is 5.32 Å². The molecule has 0 saturated carbocycles. The first-order valence-corrected chi connectivity index (χ1v) is 7.23. The second kappa shape index (κ2) is 6.00. The summed E-state index contributed by atoms with van der Waals surface area (Å²) in [6.07, 6.45) is 7.02. The molecule has 2 aromatic rings. The molecule has 0 spiro atoms. The molecule has 0 radical (unpaired) electrons. The number of rotatable bonds is 6. The van der Waals surface area contributed by atoms with Gasteiger partial charge in [0.2, 0.25) is 0 Å². The lowest BCUT2D eigenvalue weighted by molar-refractivity contribution is 0.603. The zero-order valence-electron chi connectivity index (χ0n) is 11.2. The van der Waals surface area contributed by atoms with Crippen LogP contribution in [0.4, 0.5) is 5.13 Å². The van der Waals surface area contributed by atoms with Gasteiger partial charge in [0.15, 0.2) is 5.13 Å². The number of nitrogens with one attached hydrogen (secondary N) is 1. The zero-order chi connectivity index (χ0) is 13.0. The molecule has 0 aromatic carbocycles. The van der Waals surface area contributed by atoms with Crippen LogP contribution in [0.1, 0.15) is 27.2 Å². The number of aromatic nitrogens is 3. The smallest absolute Gasteiger partial charge is 0.183 e. The Labute approximate surface area is 112 Å². The third-order valence-electron chi connectivity index (χ3n) is 2.54. The zero-order valence-corrected chi connectivity index (χ0v) is 12.0. The molecule has 4 nitrogen and oxygen atoms in total. The molecule has 5 heteroatoms. The van der Waals surface area contributed by atoms with E-state index in [2.05, 4.69) is 42.4 Å².